The van der Waals surface area contributed by atoms with E-state index < -0.39 is 0 Å². The second kappa shape index (κ2) is 5.38. The third-order valence-electron chi connectivity index (χ3n) is 1.30. The molecule has 0 atom stereocenters. The number of carbonyl (C=O) groups excluding carboxylic acids is 1. The Hall–Kier alpha value is -0.280. The van der Waals surface area contributed by atoms with Crippen molar-refractivity contribution in [2.75, 3.05) is 6.61 Å². The fraction of sp³-hybridized carbons (Fsp3) is 0.875. The first kappa shape index (κ1) is 11.7. The van der Waals surface area contributed by atoms with E-state index in [1.807, 2.05) is 20.8 Å². The van der Waals surface area contributed by atoms with Crippen LogP contribution in [0.1, 0.15) is 33.6 Å². The molecule has 0 spiro atoms. The molecule has 0 radical (unpaired) electrons. The van der Waals surface area contributed by atoms with E-state index in [1.165, 1.54) is 0 Å². The van der Waals surface area contributed by atoms with E-state index in [1.54, 1.807) is 0 Å². The number of esters is 1. The van der Waals surface area contributed by atoms with Crippen LogP contribution < -0.4 is 4.84 Å². The summed E-state index contributed by atoms with van der Waals surface area (Å²) in [5, 5.41) is 0. The number of hydrogen-bond acceptors (Lipinski definition) is 3. The van der Waals surface area contributed by atoms with Crippen molar-refractivity contribution in [1.82, 2.24) is 4.84 Å². The van der Waals surface area contributed by atoms with E-state index in [9.17, 15) is 4.79 Å². The van der Waals surface area contributed by atoms with E-state index in [0.29, 0.717) is 13.0 Å². The van der Waals surface area contributed by atoms with Crippen molar-refractivity contribution < 1.29 is 9.53 Å². The van der Waals surface area contributed by atoms with E-state index in [0.717, 1.165) is 6.42 Å². The quantitative estimate of drug-likeness (QED) is 0.535. The van der Waals surface area contributed by atoms with Crippen LogP contribution in [0.25, 0.3) is 0 Å². The summed E-state index contributed by atoms with van der Waals surface area (Å²) in [5.74, 6) is -0.169. The number of ether oxygens (including phenoxy) is 1. The molecule has 0 aliphatic carbocycles. The van der Waals surface area contributed by atoms with Gasteiger partial charge in [-0.3, -0.25) is 4.79 Å². The Kier molecular flexibility index (Phi) is 5.25. The highest BCUT2D eigenvalue weighted by molar-refractivity contribution is 6.13. The van der Waals surface area contributed by atoms with Crippen LogP contribution in [-0.2, 0) is 9.53 Å². The molecule has 0 aliphatic rings. The van der Waals surface area contributed by atoms with Crippen LogP contribution in [-0.4, -0.2) is 18.1 Å². The summed E-state index contributed by atoms with van der Waals surface area (Å²) >= 11 is 5.41. The lowest BCUT2D eigenvalue weighted by molar-refractivity contribution is -0.145. The number of halogens is 1. The molecular formula is C8H16ClNO2. The molecule has 12 heavy (non-hydrogen) atoms. The van der Waals surface area contributed by atoms with E-state index >= 15 is 0 Å². The molecule has 1 N–H and O–H groups in total. The summed E-state index contributed by atoms with van der Waals surface area (Å²) in [6, 6.07) is 0. The van der Waals surface area contributed by atoms with Crippen molar-refractivity contribution >= 4 is 17.7 Å². The Labute approximate surface area is 78.5 Å². The molecule has 0 bridgehead atoms. The van der Waals surface area contributed by atoms with Gasteiger partial charge in [0.15, 0.2) is 0 Å². The van der Waals surface area contributed by atoms with Gasteiger partial charge in [-0.25, -0.2) is 4.84 Å². The number of hydrogen-bond donors (Lipinski definition) is 1. The first-order valence-corrected chi connectivity index (χ1v) is 4.43. The first-order chi connectivity index (χ1) is 5.52. The van der Waals surface area contributed by atoms with Crippen LogP contribution in [0.15, 0.2) is 0 Å². The van der Waals surface area contributed by atoms with Crippen molar-refractivity contribution in [3.05, 3.63) is 0 Å². The molecule has 0 heterocycles. The van der Waals surface area contributed by atoms with Crippen LogP contribution in [0.5, 0.6) is 0 Å². The van der Waals surface area contributed by atoms with Gasteiger partial charge in [-0.2, -0.15) is 0 Å². The summed E-state index contributed by atoms with van der Waals surface area (Å²) < 4.78 is 4.95. The van der Waals surface area contributed by atoms with Gasteiger partial charge in [0.25, 0.3) is 0 Å². The van der Waals surface area contributed by atoms with Crippen molar-refractivity contribution in [2.45, 2.75) is 39.2 Å². The van der Waals surface area contributed by atoms with Crippen LogP contribution in [0, 0.1) is 0 Å². The molecule has 3 nitrogen and oxygen atoms in total. The Morgan fingerprint density at radius 3 is 2.58 bits per heavy atom. The average molecular weight is 194 g/mol. The third kappa shape index (κ3) is 5.38. The lowest BCUT2D eigenvalue weighted by Crippen LogP contribution is -2.38. The molecule has 0 fully saturated rings. The fourth-order valence-corrected chi connectivity index (χ4v) is 0.619. The Morgan fingerprint density at radius 2 is 2.17 bits per heavy atom. The summed E-state index contributed by atoms with van der Waals surface area (Å²) in [4.78, 5) is 13.4. The molecule has 0 aromatic rings. The summed E-state index contributed by atoms with van der Waals surface area (Å²) in [5.41, 5.74) is -0.356. The zero-order valence-corrected chi connectivity index (χ0v) is 8.57. The van der Waals surface area contributed by atoms with Gasteiger partial charge in [0, 0.05) is 6.42 Å². The maximum absolute atomic E-state index is 10.9. The molecule has 0 amide bonds. The maximum atomic E-state index is 10.9. The normalized spacial score (nSPS) is 11.3. The topological polar surface area (TPSA) is 38.3 Å². The minimum Gasteiger partial charge on any atom is -0.464 e. The van der Waals surface area contributed by atoms with Crippen LogP contribution >= 0.6 is 11.8 Å². The van der Waals surface area contributed by atoms with E-state index in [4.69, 9.17) is 16.5 Å². The van der Waals surface area contributed by atoms with E-state index in [2.05, 4.69) is 4.84 Å². The number of rotatable bonds is 5. The van der Waals surface area contributed by atoms with Crippen molar-refractivity contribution in [3.8, 4) is 0 Å². The Bertz CT molecular complexity index is 148. The fourth-order valence-electron chi connectivity index (χ4n) is 0.564. The number of nitrogens with one attached hydrogen (secondary N) is 1. The zero-order valence-electron chi connectivity index (χ0n) is 7.82. The van der Waals surface area contributed by atoms with Crippen LogP contribution in [0.4, 0.5) is 0 Å². The van der Waals surface area contributed by atoms with E-state index in [-0.39, 0.29) is 11.5 Å². The van der Waals surface area contributed by atoms with Crippen molar-refractivity contribution in [1.29, 1.82) is 0 Å². The predicted octanol–water partition coefficient (Wildman–Crippen LogP) is 1.85. The highest BCUT2D eigenvalue weighted by Gasteiger charge is 2.18. The minimum atomic E-state index is -0.356. The molecule has 0 aromatic carbocycles. The van der Waals surface area contributed by atoms with Gasteiger partial charge in [-0.1, -0.05) is 6.92 Å². The van der Waals surface area contributed by atoms with Crippen molar-refractivity contribution in [3.63, 3.8) is 0 Å². The molecule has 0 rings (SSSR count). The highest BCUT2D eigenvalue weighted by atomic mass is 35.5. The third-order valence-corrected chi connectivity index (χ3v) is 1.82. The van der Waals surface area contributed by atoms with Gasteiger partial charge in [-0.15, -0.1) is 0 Å². The first-order valence-electron chi connectivity index (χ1n) is 4.05. The molecule has 0 saturated heterocycles. The van der Waals surface area contributed by atoms with Gasteiger partial charge < -0.3 is 4.74 Å². The monoisotopic (exact) mass is 193 g/mol. The maximum Gasteiger partial charge on any atom is 0.305 e. The minimum absolute atomic E-state index is 0.169. The molecule has 0 aromatic heterocycles. The summed E-state index contributed by atoms with van der Waals surface area (Å²) in [7, 11) is 0. The van der Waals surface area contributed by atoms with Gasteiger partial charge in [-0.05, 0) is 32.0 Å². The molecule has 0 aliphatic heterocycles. The van der Waals surface area contributed by atoms with Crippen molar-refractivity contribution in [2.24, 2.45) is 0 Å². The molecular weight excluding hydrogens is 178 g/mol. The largest absolute Gasteiger partial charge is 0.464 e. The Balaban J connectivity index is 3.60. The molecule has 4 heteroatoms. The summed E-state index contributed by atoms with van der Waals surface area (Å²) in [6.45, 7) is 5.96. The lowest BCUT2D eigenvalue weighted by Gasteiger charge is -2.21. The smallest absolute Gasteiger partial charge is 0.305 e. The molecule has 72 valence electrons. The van der Waals surface area contributed by atoms with Gasteiger partial charge >= 0.3 is 5.97 Å². The number of carbonyl (C=O) groups is 1. The molecule has 0 saturated carbocycles. The van der Waals surface area contributed by atoms with Crippen LogP contribution in [0.2, 0.25) is 0 Å². The molecule has 0 unspecified atom stereocenters. The van der Waals surface area contributed by atoms with Gasteiger partial charge in [0.2, 0.25) is 0 Å². The Morgan fingerprint density at radius 1 is 1.58 bits per heavy atom. The average Bonchev–Trinajstić information content (AvgIpc) is 2.02. The lowest BCUT2D eigenvalue weighted by atomic mass is 10.1. The van der Waals surface area contributed by atoms with Gasteiger partial charge in [0.05, 0.1) is 5.54 Å². The second-order valence-electron chi connectivity index (χ2n) is 3.39. The second-order valence-corrected chi connectivity index (χ2v) is 3.58. The zero-order chi connectivity index (χ0) is 9.61. The predicted molar refractivity (Wildman–Crippen MR) is 48.9 cm³/mol. The highest BCUT2D eigenvalue weighted by Crippen LogP contribution is 2.04. The van der Waals surface area contributed by atoms with Crippen LogP contribution in [0.3, 0.4) is 0 Å². The van der Waals surface area contributed by atoms with Gasteiger partial charge in [0.1, 0.15) is 6.61 Å². The summed E-state index contributed by atoms with van der Waals surface area (Å²) in [6.07, 6.45) is 1.28. The standard InChI is InChI=1S/C8H16ClNO2/c1-4-5-7(11)12-6-8(2,3)10-9/h10H,4-6H2,1-3H3. The SMILES string of the molecule is CCCC(=O)OCC(C)(C)NCl.